The Balaban J connectivity index is 2.25. The quantitative estimate of drug-likeness (QED) is 0.750. The van der Waals surface area contributed by atoms with Gasteiger partial charge < -0.3 is 5.32 Å². The van der Waals surface area contributed by atoms with E-state index in [1.807, 2.05) is 37.4 Å². The number of rotatable bonds is 5. The van der Waals surface area contributed by atoms with E-state index in [4.69, 9.17) is 23.2 Å². The zero-order valence-electron chi connectivity index (χ0n) is 11.2. The normalized spacial score (nSPS) is 12.4. The van der Waals surface area contributed by atoms with E-state index in [9.17, 15) is 0 Å². The van der Waals surface area contributed by atoms with Crippen molar-refractivity contribution in [3.8, 4) is 0 Å². The maximum atomic E-state index is 6.32. The van der Waals surface area contributed by atoms with E-state index in [0.29, 0.717) is 5.92 Å². The minimum absolute atomic E-state index is 0.345. The van der Waals surface area contributed by atoms with Gasteiger partial charge in [0.15, 0.2) is 0 Å². The predicted octanol–water partition coefficient (Wildman–Crippen LogP) is 5.30. The van der Waals surface area contributed by atoms with Gasteiger partial charge in [0, 0.05) is 27.0 Å². The van der Waals surface area contributed by atoms with Crippen molar-refractivity contribution in [2.75, 3.05) is 13.6 Å². The average Bonchev–Trinajstić information content (AvgIpc) is 2.41. The Morgan fingerprint density at radius 1 is 1.15 bits per heavy atom. The van der Waals surface area contributed by atoms with Gasteiger partial charge in [0.25, 0.3) is 0 Å². The molecular weight excluding hydrogens is 357 g/mol. The number of halogens is 3. The van der Waals surface area contributed by atoms with Crippen LogP contribution < -0.4 is 5.32 Å². The molecule has 0 aliphatic carbocycles. The zero-order valence-corrected chi connectivity index (χ0v) is 14.3. The summed E-state index contributed by atoms with van der Waals surface area (Å²) < 4.78 is 0.999. The van der Waals surface area contributed by atoms with Crippen LogP contribution in [0, 0.1) is 0 Å². The average molecular weight is 373 g/mol. The van der Waals surface area contributed by atoms with E-state index in [2.05, 4.69) is 33.4 Å². The van der Waals surface area contributed by atoms with Crippen molar-refractivity contribution < 1.29 is 0 Å². The third kappa shape index (κ3) is 4.23. The van der Waals surface area contributed by atoms with Gasteiger partial charge in [0.1, 0.15) is 0 Å². The van der Waals surface area contributed by atoms with E-state index < -0.39 is 0 Å². The lowest BCUT2D eigenvalue weighted by Crippen LogP contribution is -2.19. The molecule has 0 saturated carbocycles. The summed E-state index contributed by atoms with van der Waals surface area (Å²) in [7, 11) is 1.96. The summed E-state index contributed by atoms with van der Waals surface area (Å²) in [5.74, 6) is 0.345. The summed E-state index contributed by atoms with van der Waals surface area (Å²) in [6, 6.07) is 14.1. The van der Waals surface area contributed by atoms with Crippen LogP contribution in [0.15, 0.2) is 46.9 Å². The van der Waals surface area contributed by atoms with Crippen molar-refractivity contribution in [3.05, 3.63) is 68.1 Å². The second kappa shape index (κ2) is 7.46. The van der Waals surface area contributed by atoms with Gasteiger partial charge in [-0.2, -0.15) is 0 Å². The highest BCUT2D eigenvalue weighted by Gasteiger charge is 2.14. The van der Waals surface area contributed by atoms with Gasteiger partial charge in [-0.15, -0.1) is 0 Å². The summed E-state index contributed by atoms with van der Waals surface area (Å²) in [4.78, 5) is 0. The molecule has 0 heterocycles. The molecule has 0 spiro atoms. The SMILES string of the molecule is CNCC(Cc1ccc(Br)cc1Cl)c1cccc(Cl)c1. The molecule has 4 heteroatoms. The second-order valence-electron chi connectivity index (χ2n) is 4.75. The number of hydrogen-bond donors (Lipinski definition) is 1. The van der Waals surface area contributed by atoms with Crippen LogP contribution >= 0.6 is 39.1 Å². The molecule has 1 N–H and O–H groups in total. The van der Waals surface area contributed by atoms with Gasteiger partial charge in [-0.25, -0.2) is 0 Å². The van der Waals surface area contributed by atoms with Gasteiger partial charge in [-0.3, -0.25) is 0 Å². The Bertz CT molecular complexity index is 586. The fourth-order valence-electron chi connectivity index (χ4n) is 2.27. The first kappa shape index (κ1) is 15.8. The molecule has 106 valence electrons. The molecule has 1 nitrogen and oxygen atoms in total. The van der Waals surface area contributed by atoms with Crippen LogP contribution in [-0.4, -0.2) is 13.6 Å². The minimum Gasteiger partial charge on any atom is -0.319 e. The summed E-state index contributed by atoms with van der Waals surface area (Å²) in [6.45, 7) is 0.882. The lowest BCUT2D eigenvalue weighted by Gasteiger charge is -2.18. The molecule has 0 amide bonds. The van der Waals surface area contributed by atoms with Crippen LogP contribution in [0.4, 0.5) is 0 Å². The second-order valence-corrected chi connectivity index (χ2v) is 6.51. The maximum Gasteiger partial charge on any atom is 0.0449 e. The standard InChI is InChI=1S/C16H16BrCl2N/c1-20-10-13(11-3-2-4-15(18)8-11)7-12-5-6-14(17)9-16(12)19/h2-6,8-9,13,20H,7,10H2,1H3. The van der Waals surface area contributed by atoms with Crippen LogP contribution in [0.3, 0.4) is 0 Å². The minimum atomic E-state index is 0.345. The lowest BCUT2D eigenvalue weighted by molar-refractivity contribution is 0.626. The fraction of sp³-hybridized carbons (Fsp3) is 0.250. The molecule has 20 heavy (non-hydrogen) atoms. The van der Waals surface area contributed by atoms with E-state index in [1.54, 1.807) is 0 Å². The topological polar surface area (TPSA) is 12.0 Å². The van der Waals surface area contributed by atoms with Crippen LogP contribution in [0.2, 0.25) is 10.0 Å². The van der Waals surface area contributed by atoms with Crippen molar-refractivity contribution in [3.63, 3.8) is 0 Å². The monoisotopic (exact) mass is 371 g/mol. The first-order valence-electron chi connectivity index (χ1n) is 6.44. The van der Waals surface area contributed by atoms with Crippen LogP contribution in [-0.2, 0) is 6.42 Å². The van der Waals surface area contributed by atoms with Crippen molar-refractivity contribution in [1.29, 1.82) is 0 Å². The third-order valence-corrected chi connectivity index (χ3v) is 4.33. The van der Waals surface area contributed by atoms with Gasteiger partial charge in [0.2, 0.25) is 0 Å². The summed E-state index contributed by atoms with van der Waals surface area (Å²) in [6.07, 6.45) is 0.882. The van der Waals surface area contributed by atoms with Crippen molar-refractivity contribution in [2.24, 2.45) is 0 Å². The number of nitrogens with one attached hydrogen (secondary N) is 1. The number of benzene rings is 2. The van der Waals surface area contributed by atoms with Crippen molar-refractivity contribution in [2.45, 2.75) is 12.3 Å². The Hall–Kier alpha value is -0.540. The number of hydrogen-bond acceptors (Lipinski definition) is 1. The van der Waals surface area contributed by atoms with E-state index in [1.165, 1.54) is 5.56 Å². The molecule has 0 fully saturated rings. The van der Waals surface area contributed by atoms with Gasteiger partial charge >= 0.3 is 0 Å². The lowest BCUT2D eigenvalue weighted by atomic mass is 9.92. The summed E-state index contributed by atoms with van der Waals surface area (Å²) in [5, 5.41) is 4.80. The number of likely N-dealkylation sites (N-methyl/N-ethyl adjacent to an activating group) is 1. The van der Waals surface area contributed by atoms with E-state index >= 15 is 0 Å². The van der Waals surface area contributed by atoms with Crippen LogP contribution in [0.1, 0.15) is 17.0 Å². The Kier molecular flexibility index (Phi) is 5.91. The largest absolute Gasteiger partial charge is 0.319 e. The molecule has 2 rings (SSSR count). The highest BCUT2D eigenvalue weighted by Crippen LogP contribution is 2.28. The Labute approximate surface area is 138 Å². The summed E-state index contributed by atoms with van der Waals surface area (Å²) in [5.41, 5.74) is 2.38. The molecule has 1 unspecified atom stereocenters. The molecule has 0 saturated heterocycles. The molecule has 2 aromatic rings. The molecule has 2 aromatic carbocycles. The molecule has 0 radical (unpaired) electrons. The maximum absolute atomic E-state index is 6.32. The first-order valence-corrected chi connectivity index (χ1v) is 7.99. The Morgan fingerprint density at radius 3 is 2.60 bits per heavy atom. The van der Waals surface area contributed by atoms with Crippen molar-refractivity contribution >= 4 is 39.1 Å². The van der Waals surface area contributed by atoms with Gasteiger partial charge in [0.05, 0.1) is 0 Å². The van der Waals surface area contributed by atoms with E-state index in [0.717, 1.165) is 33.0 Å². The predicted molar refractivity (Wildman–Crippen MR) is 91.0 cm³/mol. The van der Waals surface area contributed by atoms with Gasteiger partial charge in [-0.05, 0) is 48.9 Å². The molecular formula is C16H16BrCl2N. The van der Waals surface area contributed by atoms with Crippen LogP contribution in [0.5, 0.6) is 0 Å². The molecule has 0 aliphatic rings. The highest BCUT2D eigenvalue weighted by molar-refractivity contribution is 9.10. The van der Waals surface area contributed by atoms with E-state index in [-0.39, 0.29) is 0 Å². The van der Waals surface area contributed by atoms with Gasteiger partial charge in [-0.1, -0.05) is 57.3 Å². The molecule has 0 aliphatic heterocycles. The van der Waals surface area contributed by atoms with Crippen molar-refractivity contribution in [1.82, 2.24) is 5.32 Å². The summed E-state index contributed by atoms with van der Waals surface area (Å²) >= 11 is 15.8. The smallest absolute Gasteiger partial charge is 0.0449 e. The molecule has 0 bridgehead atoms. The Morgan fingerprint density at radius 2 is 1.95 bits per heavy atom. The molecule has 1 atom stereocenters. The highest BCUT2D eigenvalue weighted by atomic mass is 79.9. The third-order valence-electron chi connectivity index (χ3n) is 3.25. The van der Waals surface area contributed by atoms with Crippen LogP contribution in [0.25, 0.3) is 0 Å². The zero-order chi connectivity index (χ0) is 14.5. The fourth-order valence-corrected chi connectivity index (χ4v) is 3.22. The molecule has 0 aromatic heterocycles. The first-order chi connectivity index (χ1) is 9.60.